The van der Waals surface area contributed by atoms with Crippen molar-refractivity contribution in [3.63, 3.8) is 0 Å². The number of aliphatic carboxylic acids is 1. The van der Waals surface area contributed by atoms with Crippen molar-refractivity contribution in [1.29, 1.82) is 0 Å². The molecule has 0 bridgehead atoms. The lowest BCUT2D eigenvalue weighted by Crippen LogP contribution is -1.99. The molecule has 0 fully saturated rings. The second-order valence-electron chi connectivity index (χ2n) is 4.24. The Bertz CT molecular complexity index is 353. The molecule has 112 valence electrons. The maximum atomic E-state index is 10.3. The van der Waals surface area contributed by atoms with Crippen molar-refractivity contribution in [2.45, 2.75) is 38.2 Å². The minimum atomic E-state index is -0.812. The molecule has 0 spiro atoms. The van der Waals surface area contributed by atoms with Gasteiger partial charge in [0.1, 0.15) is 0 Å². The fourth-order valence-corrected chi connectivity index (χ4v) is 1.36. The number of allylic oxidation sites excluding steroid dienone is 5. The van der Waals surface area contributed by atoms with Crippen molar-refractivity contribution in [3.8, 4) is 0 Å². The number of carboxylic acid groups (broad SMARTS) is 1. The summed E-state index contributed by atoms with van der Waals surface area (Å²) in [6.45, 7) is 0.173. The number of aliphatic hydroxyl groups is 2. The molecule has 0 heterocycles. The fourth-order valence-electron chi connectivity index (χ4n) is 1.36. The summed E-state index contributed by atoms with van der Waals surface area (Å²) in [5.41, 5.74) is 0. The highest BCUT2D eigenvalue weighted by atomic mass is 16.4. The maximum Gasteiger partial charge on any atom is 0.303 e. The average Bonchev–Trinajstić information content (AvgIpc) is 2.41. The number of carbonyl (C=O) groups is 1. The van der Waals surface area contributed by atoms with Crippen molar-refractivity contribution in [3.05, 3.63) is 48.6 Å². The third-order valence-electron chi connectivity index (χ3n) is 2.38. The van der Waals surface area contributed by atoms with Crippen LogP contribution in [0.1, 0.15) is 32.1 Å². The topological polar surface area (TPSA) is 77.8 Å². The predicted octanol–water partition coefficient (Wildman–Crippen LogP) is 2.60. The van der Waals surface area contributed by atoms with Crippen LogP contribution in [0.2, 0.25) is 0 Å². The standard InChI is InChI=1S/C16H24O4/c17-14-10-5-3-1-2-4-7-11-15(18)12-8-6-9-13-16(19)20/h2-8,11,15,17-18H,1,9-10,12-14H2,(H,19,20)/b4-2-,5-3-,8-6-,11-7+. The molecule has 0 aliphatic heterocycles. The first-order valence-corrected chi connectivity index (χ1v) is 6.81. The lowest BCUT2D eigenvalue weighted by molar-refractivity contribution is -0.136. The highest BCUT2D eigenvalue weighted by molar-refractivity contribution is 5.66. The molecular formula is C16H24O4. The summed E-state index contributed by atoms with van der Waals surface area (Å²) < 4.78 is 0. The number of hydrogen-bond acceptors (Lipinski definition) is 3. The molecular weight excluding hydrogens is 256 g/mol. The molecule has 20 heavy (non-hydrogen) atoms. The Morgan fingerprint density at radius 3 is 2.45 bits per heavy atom. The molecule has 0 saturated carbocycles. The number of hydrogen-bond donors (Lipinski definition) is 3. The number of carboxylic acids is 1. The second kappa shape index (κ2) is 13.8. The Kier molecular flexibility index (Phi) is 12.6. The van der Waals surface area contributed by atoms with E-state index >= 15 is 0 Å². The quantitative estimate of drug-likeness (QED) is 0.401. The van der Waals surface area contributed by atoms with Crippen LogP contribution in [0.4, 0.5) is 0 Å². The lowest BCUT2D eigenvalue weighted by atomic mass is 10.2. The van der Waals surface area contributed by atoms with Gasteiger partial charge >= 0.3 is 5.97 Å². The van der Waals surface area contributed by atoms with E-state index in [4.69, 9.17) is 10.2 Å². The molecule has 3 N–H and O–H groups in total. The Morgan fingerprint density at radius 1 is 1.00 bits per heavy atom. The minimum Gasteiger partial charge on any atom is -0.481 e. The van der Waals surface area contributed by atoms with Gasteiger partial charge in [-0.1, -0.05) is 48.6 Å². The summed E-state index contributed by atoms with van der Waals surface area (Å²) in [4.78, 5) is 10.3. The first-order valence-electron chi connectivity index (χ1n) is 6.81. The molecule has 0 aromatic rings. The SMILES string of the molecule is O=C(O)CC/C=C\CC(O)/C=C/C=C\C/C=C\CCO. The summed E-state index contributed by atoms with van der Waals surface area (Å²) in [5, 5.41) is 26.6. The first kappa shape index (κ1) is 18.4. The largest absolute Gasteiger partial charge is 0.481 e. The van der Waals surface area contributed by atoms with E-state index in [0.717, 1.165) is 6.42 Å². The Morgan fingerprint density at radius 2 is 1.75 bits per heavy atom. The zero-order valence-corrected chi connectivity index (χ0v) is 11.7. The highest BCUT2D eigenvalue weighted by Gasteiger charge is 1.94. The molecule has 4 nitrogen and oxygen atoms in total. The predicted molar refractivity (Wildman–Crippen MR) is 80.4 cm³/mol. The smallest absolute Gasteiger partial charge is 0.303 e. The molecule has 0 aliphatic rings. The van der Waals surface area contributed by atoms with Gasteiger partial charge in [0.25, 0.3) is 0 Å². The van der Waals surface area contributed by atoms with E-state index in [1.54, 1.807) is 24.3 Å². The minimum absolute atomic E-state index is 0.120. The van der Waals surface area contributed by atoms with Gasteiger partial charge in [-0.15, -0.1) is 0 Å². The summed E-state index contributed by atoms with van der Waals surface area (Å²) >= 11 is 0. The van der Waals surface area contributed by atoms with Crippen molar-refractivity contribution in [2.24, 2.45) is 0 Å². The molecule has 1 atom stereocenters. The van der Waals surface area contributed by atoms with Crippen LogP contribution >= 0.6 is 0 Å². The number of rotatable bonds is 11. The molecule has 0 aromatic carbocycles. The summed E-state index contributed by atoms with van der Waals surface area (Å²) in [6, 6.07) is 0. The van der Waals surface area contributed by atoms with Crippen LogP contribution in [0.3, 0.4) is 0 Å². The Labute approximate surface area is 120 Å². The maximum absolute atomic E-state index is 10.3. The van der Waals surface area contributed by atoms with E-state index in [1.165, 1.54) is 0 Å². The molecule has 4 heteroatoms. The molecule has 1 unspecified atom stereocenters. The van der Waals surface area contributed by atoms with Crippen molar-refractivity contribution in [2.75, 3.05) is 6.61 Å². The van der Waals surface area contributed by atoms with E-state index in [0.29, 0.717) is 19.3 Å². The van der Waals surface area contributed by atoms with Gasteiger partial charge in [0.15, 0.2) is 0 Å². The Balaban J connectivity index is 3.68. The van der Waals surface area contributed by atoms with E-state index < -0.39 is 12.1 Å². The molecule has 0 radical (unpaired) electrons. The lowest BCUT2D eigenvalue weighted by Gasteiger charge is -1.98. The van der Waals surface area contributed by atoms with Crippen LogP contribution in [0.25, 0.3) is 0 Å². The highest BCUT2D eigenvalue weighted by Crippen LogP contribution is 1.99. The van der Waals surface area contributed by atoms with Gasteiger partial charge in [-0.25, -0.2) is 0 Å². The molecule has 0 amide bonds. The average molecular weight is 280 g/mol. The van der Waals surface area contributed by atoms with Gasteiger partial charge in [-0.05, 0) is 25.7 Å². The van der Waals surface area contributed by atoms with Crippen LogP contribution in [0, 0.1) is 0 Å². The third kappa shape index (κ3) is 14.4. The van der Waals surface area contributed by atoms with Gasteiger partial charge in [-0.2, -0.15) is 0 Å². The van der Waals surface area contributed by atoms with Gasteiger partial charge < -0.3 is 15.3 Å². The normalized spacial score (nSPS) is 14.1. The molecule has 0 rings (SSSR count). The van der Waals surface area contributed by atoms with E-state index in [-0.39, 0.29) is 13.0 Å². The zero-order chi connectivity index (χ0) is 15.1. The van der Waals surface area contributed by atoms with Crippen LogP contribution in [0.5, 0.6) is 0 Å². The monoisotopic (exact) mass is 280 g/mol. The van der Waals surface area contributed by atoms with Gasteiger partial charge in [0.05, 0.1) is 6.10 Å². The molecule has 0 aromatic heterocycles. The van der Waals surface area contributed by atoms with Gasteiger partial charge in [0, 0.05) is 13.0 Å². The van der Waals surface area contributed by atoms with Crippen LogP contribution in [-0.2, 0) is 4.79 Å². The summed E-state index contributed by atoms with van der Waals surface area (Å²) in [5.74, 6) is -0.812. The number of aliphatic hydroxyl groups excluding tert-OH is 2. The van der Waals surface area contributed by atoms with Crippen LogP contribution in [-0.4, -0.2) is 34.0 Å². The van der Waals surface area contributed by atoms with Crippen LogP contribution in [0.15, 0.2) is 48.6 Å². The van der Waals surface area contributed by atoms with E-state index in [2.05, 4.69) is 0 Å². The second-order valence-corrected chi connectivity index (χ2v) is 4.24. The van der Waals surface area contributed by atoms with Gasteiger partial charge in [-0.3, -0.25) is 4.79 Å². The summed E-state index contributed by atoms with van der Waals surface area (Å²) in [6.07, 6.45) is 16.8. The van der Waals surface area contributed by atoms with Gasteiger partial charge in [0.2, 0.25) is 0 Å². The van der Waals surface area contributed by atoms with Crippen molar-refractivity contribution in [1.82, 2.24) is 0 Å². The Hall–Kier alpha value is -1.65. The third-order valence-corrected chi connectivity index (χ3v) is 2.38. The van der Waals surface area contributed by atoms with E-state index in [1.807, 2.05) is 24.3 Å². The summed E-state index contributed by atoms with van der Waals surface area (Å²) in [7, 11) is 0. The van der Waals surface area contributed by atoms with Crippen molar-refractivity contribution >= 4 is 5.97 Å². The fraction of sp³-hybridized carbons (Fsp3) is 0.438. The molecule has 0 saturated heterocycles. The molecule has 0 aliphatic carbocycles. The van der Waals surface area contributed by atoms with Crippen LogP contribution < -0.4 is 0 Å². The zero-order valence-electron chi connectivity index (χ0n) is 11.7. The van der Waals surface area contributed by atoms with E-state index in [9.17, 15) is 9.90 Å². The first-order chi connectivity index (χ1) is 9.66. The van der Waals surface area contributed by atoms with Crippen molar-refractivity contribution < 1.29 is 20.1 Å².